The third kappa shape index (κ3) is 2.19. The maximum Gasteiger partial charge on any atom is 0.263 e. The van der Waals surface area contributed by atoms with Crippen LogP contribution in [0.4, 0.5) is 11.4 Å². The van der Waals surface area contributed by atoms with Gasteiger partial charge in [-0.1, -0.05) is 12.1 Å². The third-order valence-electron chi connectivity index (χ3n) is 2.79. The number of nitrogens with one attached hydrogen (secondary N) is 1. The van der Waals surface area contributed by atoms with Gasteiger partial charge in [0.15, 0.2) is 12.0 Å². The predicted molar refractivity (Wildman–Crippen MR) is 75.7 cm³/mol. The van der Waals surface area contributed by atoms with Crippen molar-refractivity contribution >= 4 is 32.5 Å². The molecule has 0 unspecified atom stereocenters. The molecule has 0 saturated heterocycles. The Morgan fingerprint density at radius 3 is 2.75 bits per heavy atom. The number of hydrogen-bond acceptors (Lipinski definition) is 5. The molecular formula is C13H11N3O3S. The van der Waals surface area contributed by atoms with Crippen LogP contribution >= 0.6 is 0 Å². The number of rotatable bonds is 3. The highest BCUT2D eigenvalue weighted by molar-refractivity contribution is 7.92. The van der Waals surface area contributed by atoms with Gasteiger partial charge in [-0.05, 0) is 30.3 Å². The zero-order chi connectivity index (χ0) is 14.2. The predicted octanol–water partition coefficient (Wildman–Crippen LogP) is 2.21. The summed E-state index contributed by atoms with van der Waals surface area (Å²) in [5.74, 6) is 0. The zero-order valence-corrected chi connectivity index (χ0v) is 11.1. The van der Waals surface area contributed by atoms with E-state index in [1.807, 2.05) is 0 Å². The fraction of sp³-hybridized carbons (Fsp3) is 0. The molecule has 0 aliphatic rings. The Hall–Kier alpha value is -2.54. The summed E-state index contributed by atoms with van der Waals surface area (Å²) < 4.78 is 32.1. The molecule has 0 atom stereocenters. The number of nitrogens with zero attached hydrogens (tertiary/aromatic N) is 1. The molecule has 0 bridgehead atoms. The van der Waals surface area contributed by atoms with E-state index in [0.29, 0.717) is 16.8 Å². The van der Waals surface area contributed by atoms with Gasteiger partial charge >= 0.3 is 0 Å². The van der Waals surface area contributed by atoms with Crippen LogP contribution in [-0.4, -0.2) is 13.4 Å². The van der Waals surface area contributed by atoms with Crippen LogP contribution in [-0.2, 0) is 10.0 Å². The van der Waals surface area contributed by atoms with Crippen molar-refractivity contribution in [3.63, 3.8) is 0 Å². The summed E-state index contributed by atoms with van der Waals surface area (Å²) in [5, 5.41) is 0. The van der Waals surface area contributed by atoms with Gasteiger partial charge in [-0.25, -0.2) is 13.4 Å². The van der Waals surface area contributed by atoms with Crippen molar-refractivity contribution in [2.75, 3.05) is 10.5 Å². The highest BCUT2D eigenvalue weighted by Crippen LogP contribution is 2.23. The monoisotopic (exact) mass is 289 g/mol. The summed E-state index contributed by atoms with van der Waals surface area (Å²) >= 11 is 0. The molecule has 1 aromatic heterocycles. The molecule has 7 heteroatoms. The van der Waals surface area contributed by atoms with Crippen LogP contribution in [0.5, 0.6) is 0 Å². The van der Waals surface area contributed by atoms with Crippen molar-refractivity contribution in [1.29, 1.82) is 0 Å². The van der Waals surface area contributed by atoms with E-state index in [2.05, 4.69) is 9.71 Å². The van der Waals surface area contributed by atoms with Gasteiger partial charge in [0.1, 0.15) is 10.4 Å². The zero-order valence-electron chi connectivity index (χ0n) is 10.3. The van der Waals surface area contributed by atoms with E-state index in [1.165, 1.54) is 18.5 Å². The number of nitrogens with two attached hydrogens (primary N) is 1. The Morgan fingerprint density at radius 2 is 1.95 bits per heavy atom. The fourth-order valence-electron chi connectivity index (χ4n) is 1.86. The van der Waals surface area contributed by atoms with E-state index >= 15 is 0 Å². The quantitative estimate of drug-likeness (QED) is 0.720. The van der Waals surface area contributed by atoms with Crippen LogP contribution in [0.1, 0.15) is 0 Å². The number of nitrogen functional groups attached to an aromatic ring is 1. The third-order valence-corrected chi connectivity index (χ3v) is 4.25. The van der Waals surface area contributed by atoms with Crippen LogP contribution in [0.2, 0.25) is 0 Å². The van der Waals surface area contributed by atoms with E-state index in [9.17, 15) is 8.42 Å². The van der Waals surface area contributed by atoms with Crippen LogP contribution in [0, 0.1) is 0 Å². The van der Waals surface area contributed by atoms with Crippen molar-refractivity contribution in [1.82, 2.24) is 4.98 Å². The molecule has 3 aromatic rings. The molecule has 0 aliphatic carbocycles. The van der Waals surface area contributed by atoms with Crippen molar-refractivity contribution < 1.29 is 12.8 Å². The minimum Gasteiger partial charge on any atom is -0.443 e. The largest absolute Gasteiger partial charge is 0.443 e. The lowest BCUT2D eigenvalue weighted by atomic mass is 10.3. The maximum absolute atomic E-state index is 12.3. The lowest BCUT2D eigenvalue weighted by molar-refractivity contribution is 0.600. The summed E-state index contributed by atoms with van der Waals surface area (Å²) in [5.41, 5.74) is 7.45. The first-order valence-electron chi connectivity index (χ1n) is 5.77. The molecule has 0 aliphatic heterocycles. The van der Waals surface area contributed by atoms with Crippen molar-refractivity contribution in [3.8, 4) is 0 Å². The van der Waals surface area contributed by atoms with Crippen molar-refractivity contribution in [2.24, 2.45) is 0 Å². The molecule has 0 saturated carbocycles. The van der Waals surface area contributed by atoms with Crippen molar-refractivity contribution in [3.05, 3.63) is 48.9 Å². The van der Waals surface area contributed by atoms with Crippen LogP contribution in [0.15, 0.2) is 58.2 Å². The van der Waals surface area contributed by atoms with Gasteiger partial charge in [0, 0.05) is 0 Å². The second-order valence-electron chi connectivity index (χ2n) is 4.18. The van der Waals surface area contributed by atoms with E-state index in [-0.39, 0.29) is 10.6 Å². The number of sulfonamides is 1. The molecule has 0 fully saturated rings. The second kappa shape index (κ2) is 4.53. The minimum atomic E-state index is -3.73. The van der Waals surface area contributed by atoms with Crippen LogP contribution < -0.4 is 10.5 Å². The van der Waals surface area contributed by atoms with Crippen molar-refractivity contribution in [2.45, 2.75) is 4.90 Å². The molecule has 1 heterocycles. The molecule has 0 amide bonds. The highest BCUT2D eigenvalue weighted by atomic mass is 32.2. The fourth-order valence-corrected chi connectivity index (χ4v) is 3.04. The minimum absolute atomic E-state index is 0.0419. The molecule has 0 radical (unpaired) electrons. The van der Waals surface area contributed by atoms with Crippen LogP contribution in [0.25, 0.3) is 11.1 Å². The number of aromatic nitrogens is 1. The Balaban J connectivity index is 1.99. The molecule has 0 spiro atoms. The molecule has 3 N–H and O–H groups in total. The number of benzene rings is 2. The Morgan fingerprint density at radius 1 is 1.15 bits per heavy atom. The maximum atomic E-state index is 12.3. The molecule has 20 heavy (non-hydrogen) atoms. The summed E-state index contributed by atoms with van der Waals surface area (Å²) in [7, 11) is -3.73. The SMILES string of the molecule is Nc1ccccc1S(=O)(=O)Nc1ccc2ocnc2c1. The van der Waals surface area contributed by atoms with E-state index < -0.39 is 10.0 Å². The topological polar surface area (TPSA) is 98.2 Å². The van der Waals surface area contributed by atoms with Gasteiger partial charge in [0.05, 0.1) is 11.4 Å². The average molecular weight is 289 g/mol. The van der Waals surface area contributed by atoms with E-state index in [0.717, 1.165) is 0 Å². The highest BCUT2D eigenvalue weighted by Gasteiger charge is 2.17. The van der Waals surface area contributed by atoms with Gasteiger partial charge < -0.3 is 10.2 Å². The molecule has 102 valence electrons. The Labute approximate surface area is 115 Å². The number of anilines is 2. The number of hydrogen-bond donors (Lipinski definition) is 2. The molecular weight excluding hydrogens is 278 g/mol. The summed E-state index contributed by atoms with van der Waals surface area (Å²) in [6, 6.07) is 11.1. The van der Waals surface area contributed by atoms with Gasteiger partial charge in [-0.15, -0.1) is 0 Å². The Bertz CT molecular complexity index is 871. The van der Waals surface area contributed by atoms with Gasteiger partial charge in [0.25, 0.3) is 10.0 Å². The van der Waals surface area contributed by atoms with Crippen LogP contribution in [0.3, 0.4) is 0 Å². The summed E-state index contributed by atoms with van der Waals surface area (Å²) in [6.45, 7) is 0. The first-order valence-corrected chi connectivity index (χ1v) is 7.25. The van der Waals surface area contributed by atoms with E-state index in [1.54, 1.807) is 30.3 Å². The lowest BCUT2D eigenvalue weighted by Gasteiger charge is -2.09. The second-order valence-corrected chi connectivity index (χ2v) is 5.83. The Kier molecular flexibility index (Phi) is 2.83. The standard InChI is InChI=1S/C13H11N3O3S/c14-10-3-1-2-4-13(10)20(17,18)16-9-5-6-12-11(7-9)15-8-19-12/h1-8,16H,14H2. The lowest BCUT2D eigenvalue weighted by Crippen LogP contribution is -2.14. The average Bonchev–Trinajstić information content (AvgIpc) is 2.86. The van der Waals surface area contributed by atoms with Gasteiger partial charge in [-0.3, -0.25) is 4.72 Å². The molecule has 2 aromatic carbocycles. The first kappa shape index (κ1) is 12.5. The molecule has 6 nitrogen and oxygen atoms in total. The number of oxazole rings is 1. The smallest absolute Gasteiger partial charge is 0.263 e. The summed E-state index contributed by atoms with van der Waals surface area (Å²) in [6.07, 6.45) is 1.30. The normalized spacial score (nSPS) is 11.6. The van der Waals surface area contributed by atoms with Gasteiger partial charge in [-0.2, -0.15) is 0 Å². The number of para-hydroxylation sites is 1. The first-order chi connectivity index (χ1) is 9.56. The van der Waals surface area contributed by atoms with Gasteiger partial charge in [0.2, 0.25) is 0 Å². The van der Waals surface area contributed by atoms with E-state index in [4.69, 9.17) is 10.2 Å². The molecule has 3 rings (SSSR count). The summed E-state index contributed by atoms with van der Waals surface area (Å²) in [4.78, 5) is 4.02. The number of fused-ring (bicyclic) bond motifs is 1.